The van der Waals surface area contributed by atoms with Gasteiger partial charge in [-0.1, -0.05) is 36.8 Å². The summed E-state index contributed by atoms with van der Waals surface area (Å²) in [6.07, 6.45) is 0. The fourth-order valence-electron chi connectivity index (χ4n) is 2.53. The van der Waals surface area contributed by atoms with Crippen molar-refractivity contribution in [2.24, 2.45) is 0 Å². The van der Waals surface area contributed by atoms with E-state index >= 15 is 0 Å². The third-order valence-electron chi connectivity index (χ3n) is 3.57. The van der Waals surface area contributed by atoms with Gasteiger partial charge in [0.25, 0.3) is 0 Å². The maximum atomic E-state index is 5.94. The zero-order valence-electron chi connectivity index (χ0n) is 13.6. The first kappa shape index (κ1) is 15.8. The lowest BCUT2D eigenvalue weighted by Crippen LogP contribution is -2.17. The van der Waals surface area contributed by atoms with Crippen molar-refractivity contribution in [1.82, 2.24) is 10.2 Å². The Morgan fingerprint density at radius 3 is 2.67 bits per heavy atom. The van der Waals surface area contributed by atoms with Crippen molar-refractivity contribution in [3.63, 3.8) is 0 Å². The smallest absolute Gasteiger partial charge is 0.120 e. The highest BCUT2D eigenvalue weighted by Crippen LogP contribution is 2.17. The highest BCUT2D eigenvalue weighted by Gasteiger charge is 2.09. The van der Waals surface area contributed by atoms with Gasteiger partial charge in [0.15, 0.2) is 0 Å². The number of rotatable bonds is 7. The monoisotopic (exact) mass is 286 g/mol. The maximum absolute atomic E-state index is 5.94. The minimum absolute atomic E-state index is 0.809. The Morgan fingerprint density at radius 2 is 1.95 bits per heavy atom. The number of hydrogen-bond acceptors (Lipinski definition) is 3. The highest BCUT2D eigenvalue weighted by molar-refractivity contribution is 5.23. The van der Waals surface area contributed by atoms with Crippen LogP contribution >= 0.6 is 0 Å². The number of hydrogen-bond donors (Lipinski definition) is 1. The zero-order valence-corrected chi connectivity index (χ0v) is 13.6. The van der Waals surface area contributed by atoms with Crippen LogP contribution in [0.1, 0.15) is 35.1 Å². The van der Waals surface area contributed by atoms with Gasteiger partial charge < -0.3 is 9.73 Å². The lowest BCUT2D eigenvalue weighted by molar-refractivity contribution is 0.282. The quantitative estimate of drug-likeness (QED) is 0.842. The molecule has 0 saturated heterocycles. The van der Waals surface area contributed by atoms with Crippen molar-refractivity contribution in [1.29, 1.82) is 0 Å². The summed E-state index contributed by atoms with van der Waals surface area (Å²) in [6.45, 7) is 9.89. The summed E-state index contributed by atoms with van der Waals surface area (Å²) in [6, 6.07) is 10.8. The molecule has 1 aromatic carbocycles. The van der Waals surface area contributed by atoms with Crippen molar-refractivity contribution < 1.29 is 4.42 Å². The largest absolute Gasteiger partial charge is 0.463 e. The molecule has 0 atom stereocenters. The molecule has 0 aliphatic heterocycles. The first-order valence-corrected chi connectivity index (χ1v) is 7.61. The van der Waals surface area contributed by atoms with Crippen LogP contribution in [0.4, 0.5) is 0 Å². The van der Waals surface area contributed by atoms with Gasteiger partial charge in [0, 0.05) is 6.54 Å². The van der Waals surface area contributed by atoms with Gasteiger partial charge in [-0.25, -0.2) is 0 Å². The molecule has 0 radical (unpaired) electrons. The molecule has 1 heterocycles. The van der Waals surface area contributed by atoms with Gasteiger partial charge in [0.05, 0.1) is 13.1 Å². The van der Waals surface area contributed by atoms with Crippen LogP contribution in [-0.2, 0) is 19.6 Å². The third kappa shape index (κ3) is 4.73. The Morgan fingerprint density at radius 1 is 1.14 bits per heavy atom. The molecule has 0 aliphatic rings. The van der Waals surface area contributed by atoms with E-state index in [0.29, 0.717) is 0 Å². The molecule has 21 heavy (non-hydrogen) atoms. The number of aryl methyl sites for hydroxylation is 2. The predicted molar refractivity (Wildman–Crippen MR) is 87.2 cm³/mol. The maximum Gasteiger partial charge on any atom is 0.120 e. The predicted octanol–water partition coefficient (Wildman–Crippen LogP) is 3.64. The molecule has 0 fully saturated rings. The van der Waals surface area contributed by atoms with Crippen molar-refractivity contribution in [3.05, 3.63) is 58.5 Å². The van der Waals surface area contributed by atoms with Gasteiger partial charge in [-0.05, 0) is 44.6 Å². The molecule has 0 unspecified atom stereocenters. The lowest BCUT2D eigenvalue weighted by Gasteiger charge is -2.15. The minimum Gasteiger partial charge on any atom is -0.463 e. The van der Waals surface area contributed by atoms with Crippen molar-refractivity contribution in [3.8, 4) is 0 Å². The van der Waals surface area contributed by atoms with Gasteiger partial charge in [0.2, 0.25) is 0 Å². The molecule has 0 spiro atoms. The Labute approximate surface area is 128 Å². The Balaban J connectivity index is 1.94. The first-order valence-electron chi connectivity index (χ1n) is 7.61. The summed E-state index contributed by atoms with van der Waals surface area (Å²) in [5, 5.41) is 3.31. The van der Waals surface area contributed by atoms with Gasteiger partial charge in [-0.15, -0.1) is 0 Å². The summed E-state index contributed by atoms with van der Waals surface area (Å²) in [5.74, 6) is 2.09. The molecule has 1 aromatic heterocycles. The molecule has 0 saturated carbocycles. The van der Waals surface area contributed by atoms with Crippen LogP contribution in [0.2, 0.25) is 0 Å². The van der Waals surface area contributed by atoms with E-state index in [4.69, 9.17) is 4.42 Å². The fraction of sp³-hybridized carbons (Fsp3) is 0.444. The standard InChI is InChI=1S/C18H26N2O/c1-5-19-11-18-15(3)10-17(21-18)13-20(4)12-16-8-6-7-14(2)9-16/h6-10,19H,5,11-13H2,1-4H3. The Hall–Kier alpha value is -1.58. The topological polar surface area (TPSA) is 28.4 Å². The molecule has 0 aliphatic carbocycles. The normalized spacial score (nSPS) is 11.3. The lowest BCUT2D eigenvalue weighted by atomic mass is 10.1. The number of benzene rings is 1. The van der Waals surface area contributed by atoms with Crippen molar-refractivity contribution in [2.75, 3.05) is 13.6 Å². The van der Waals surface area contributed by atoms with E-state index in [0.717, 1.165) is 37.7 Å². The van der Waals surface area contributed by atoms with Crippen LogP contribution in [0.15, 0.2) is 34.7 Å². The van der Waals surface area contributed by atoms with Crippen molar-refractivity contribution in [2.45, 2.75) is 40.4 Å². The molecule has 0 amide bonds. The summed E-state index contributed by atoms with van der Waals surface area (Å²) in [4.78, 5) is 2.28. The fourth-order valence-corrected chi connectivity index (χ4v) is 2.53. The second-order valence-electron chi connectivity index (χ2n) is 5.76. The average molecular weight is 286 g/mol. The summed E-state index contributed by atoms with van der Waals surface area (Å²) in [5.41, 5.74) is 3.88. The first-order chi connectivity index (χ1) is 10.1. The van der Waals surface area contributed by atoms with Crippen LogP contribution in [0.5, 0.6) is 0 Å². The molecule has 2 aromatic rings. The molecule has 3 nitrogen and oxygen atoms in total. The van der Waals surface area contributed by atoms with Crippen LogP contribution < -0.4 is 5.32 Å². The van der Waals surface area contributed by atoms with Crippen molar-refractivity contribution >= 4 is 0 Å². The minimum atomic E-state index is 0.809. The van der Waals surface area contributed by atoms with E-state index in [2.05, 4.69) is 68.4 Å². The van der Waals surface area contributed by atoms with E-state index < -0.39 is 0 Å². The molecule has 114 valence electrons. The second-order valence-corrected chi connectivity index (χ2v) is 5.76. The Bertz CT molecular complexity index is 574. The summed E-state index contributed by atoms with van der Waals surface area (Å²) < 4.78 is 5.94. The van der Waals surface area contributed by atoms with Gasteiger partial charge >= 0.3 is 0 Å². The van der Waals surface area contributed by atoms with E-state index in [-0.39, 0.29) is 0 Å². The average Bonchev–Trinajstić information content (AvgIpc) is 2.76. The van der Waals surface area contributed by atoms with E-state index in [1.165, 1.54) is 16.7 Å². The van der Waals surface area contributed by atoms with E-state index in [1.807, 2.05) is 0 Å². The number of furan rings is 1. The molecule has 1 N–H and O–H groups in total. The molecular weight excluding hydrogens is 260 g/mol. The van der Waals surface area contributed by atoms with Crippen LogP contribution in [0.25, 0.3) is 0 Å². The second kappa shape index (κ2) is 7.43. The van der Waals surface area contributed by atoms with E-state index in [1.54, 1.807) is 0 Å². The van der Waals surface area contributed by atoms with Gasteiger partial charge in [-0.2, -0.15) is 0 Å². The Kier molecular flexibility index (Phi) is 5.59. The third-order valence-corrected chi connectivity index (χ3v) is 3.57. The van der Waals surface area contributed by atoms with Gasteiger partial charge in [-0.3, -0.25) is 4.90 Å². The molecular formula is C18H26N2O. The number of nitrogens with one attached hydrogen (secondary N) is 1. The van der Waals surface area contributed by atoms with E-state index in [9.17, 15) is 0 Å². The summed E-state index contributed by atoms with van der Waals surface area (Å²) >= 11 is 0. The van der Waals surface area contributed by atoms with Gasteiger partial charge in [0.1, 0.15) is 11.5 Å². The molecule has 0 bridgehead atoms. The summed E-state index contributed by atoms with van der Waals surface area (Å²) in [7, 11) is 2.13. The molecule has 3 heteroatoms. The molecule has 2 rings (SSSR count). The SMILES string of the molecule is CCNCc1oc(CN(C)Cc2cccc(C)c2)cc1C. The zero-order chi connectivity index (χ0) is 15.2. The van der Waals surface area contributed by atoms with Crippen LogP contribution in [0.3, 0.4) is 0 Å². The van der Waals surface area contributed by atoms with Crippen LogP contribution in [-0.4, -0.2) is 18.5 Å². The van der Waals surface area contributed by atoms with Crippen LogP contribution in [0, 0.1) is 13.8 Å². The number of nitrogens with zero attached hydrogens (tertiary/aromatic N) is 1. The highest BCUT2D eigenvalue weighted by atomic mass is 16.3.